The predicted octanol–water partition coefficient (Wildman–Crippen LogP) is 4.59. The second-order valence-electron chi connectivity index (χ2n) is 5.22. The van der Waals surface area contributed by atoms with Crippen LogP contribution in [0.2, 0.25) is 0 Å². The quantitative estimate of drug-likeness (QED) is 0.730. The fraction of sp³-hybridized carbons (Fsp3) is 0.111. The molecule has 1 amide bonds. The molecule has 0 unspecified atom stereocenters. The van der Waals surface area contributed by atoms with Gasteiger partial charge in [0.1, 0.15) is 6.26 Å². The van der Waals surface area contributed by atoms with Gasteiger partial charge in [-0.25, -0.2) is 4.98 Å². The summed E-state index contributed by atoms with van der Waals surface area (Å²) in [5.74, 6) is 0.382. The van der Waals surface area contributed by atoms with E-state index in [0.29, 0.717) is 11.6 Å². The molecule has 0 aliphatic heterocycles. The first kappa shape index (κ1) is 15.5. The molecular formula is C18H15BrN2O2. The molecule has 3 rings (SSSR count). The average Bonchev–Trinajstić information content (AvgIpc) is 2.99. The molecule has 2 aromatic carbocycles. The van der Waals surface area contributed by atoms with Gasteiger partial charge in [-0.2, -0.15) is 0 Å². The van der Waals surface area contributed by atoms with E-state index in [0.717, 1.165) is 21.3 Å². The standard InChI is InChI=1S/C18H15BrN2O2/c1-12-7-8-16(15(19)9-12)21-17(22)10-14-11-23-18(20-14)13-5-3-2-4-6-13/h2-9,11H,10H2,1H3,(H,21,22). The first-order valence-electron chi connectivity index (χ1n) is 7.17. The summed E-state index contributed by atoms with van der Waals surface area (Å²) in [6, 6.07) is 15.4. The van der Waals surface area contributed by atoms with E-state index in [1.54, 1.807) is 0 Å². The van der Waals surface area contributed by atoms with Crippen LogP contribution in [0.15, 0.2) is 63.7 Å². The van der Waals surface area contributed by atoms with Crippen molar-refractivity contribution in [3.63, 3.8) is 0 Å². The van der Waals surface area contributed by atoms with Gasteiger partial charge in [-0.3, -0.25) is 4.79 Å². The van der Waals surface area contributed by atoms with Gasteiger partial charge in [-0.05, 0) is 52.7 Å². The molecule has 0 atom stereocenters. The third-order valence-electron chi connectivity index (χ3n) is 3.31. The summed E-state index contributed by atoms with van der Waals surface area (Å²) in [7, 11) is 0. The van der Waals surface area contributed by atoms with Crippen molar-refractivity contribution in [1.29, 1.82) is 0 Å². The number of rotatable bonds is 4. The third kappa shape index (κ3) is 3.87. The molecule has 0 aliphatic carbocycles. The lowest BCUT2D eigenvalue weighted by Crippen LogP contribution is -2.15. The molecule has 4 nitrogen and oxygen atoms in total. The minimum Gasteiger partial charge on any atom is -0.444 e. The van der Waals surface area contributed by atoms with Crippen molar-refractivity contribution in [2.24, 2.45) is 0 Å². The van der Waals surface area contributed by atoms with E-state index in [4.69, 9.17) is 4.42 Å². The second-order valence-corrected chi connectivity index (χ2v) is 6.07. The van der Waals surface area contributed by atoms with Crippen molar-refractivity contribution in [1.82, 2.24) is 4.98 Å². The summed E-state index contributed by atoms with van der Waals surface area (Å²) >= 11 is 3.45. The van der Waals surface area contributed by atoms with Crippen LogP contribution >= 0.6 is 15.9 Å². The summed E-state index contributed by atoms with van der Waals surface area (Å²) in [5.41, 5.74) is 3.36. The Labute approximate surface area is 142 Å². The van der Waals surface area contributed by atoms with Crippen molar-refractivity contribution in [3.05, 3.63) is 70.5 Å². The fourth-order valence-electron chi connectivity index (χ4n) is 2.18. The van der Waals surface area contributed by atoms with Crippen molar-refractivity contribution in [2.45, 2.75) is 13.3 Å². The van der Waals surface area contributed by atoms with E-state index in [1.807, 2.05) is 55.5 Å². The van der Waals surface area contributed by atoms with Gasteiger partial charge in [0.05, 0.1) is 17.8 Å². The predicted molar refractivity (Wildman–Crippen MR) is 93.2 cm³/mol. The first-order valence-corrected chi connectivity index (χ1v) is 7.97. The number of carbonyl (C=O) groups is 1. The molecule has 0 bridgehead atoms. The number of halogens is 1. The Balaban J connectivity index is 1.68. The molecular weight excluding hydrogens is 356 g/mol. The number of aryl methyl sites for hydroxylation is 1. The number of aromatic nitrogens is 1. The number of carbonyl (C=O) groups excluding carboxylic acids is 1. The maximum Gasteiger partial charge on any atom is 0.230 e. The van der Waals surface area contributed by atoms with Crippen LogP contribution < -0.4 is 5.32 Å². The van der Waals surface area contributed by atoms with Gasteiger partial charge in [0, 0.05) is 10.0 Å². The molecule has 1 heterocycles. The summed E-state index contributed by atoms with van der Waals surface area (Å²) in [5, 5.41) is 2.87. The van der Waals surface area contributed by atoms with Gasteiger partial charge in [0.25, 0.3) is 0 Å². The Morgan fingerprint density at radius 2 is 2.00 bits per heavy atom. The van der Waals surface area contributed by atoms with Crippen LogP contribution in [0.3, 0.4) is 0 Å². The Hall–Kier alpha value is -2.40. The first-order chi connectivity index (χ1) is 11.1. The van der Waals surface area contributed by atoms with E-state index in [9.17, 15) is 4.79 Å². The van der Waals surface area contributed by atoms with Gasteiger partial charge in [0.2, 0.25) is 11.8 Å². The largest absolute Gasteiger partial charge is 0.444 e. The Morgan fingerprint density at radius 1 is 1.22 bits per heavy atom. The van der Waals surface area contributed by atoms with Gasteiger partial charge in [0.15, 0.2) is 0 Å². The summed E-state index contributed by atoms with van der Waals surface area (Å²) < 4.78 is 6.30. The van der Waals surface area contributed by atoms with Gasteiger partial charge >= 0.3 is 0 Å². The summed E-state index contributed by atoms with van der Waals surface area (Å²) in [6.07, 6.45) is 1.68. The molecule has 0 fully saturated rings. The summed E-state index contributed by atoms with van der Waals surface area (Å²) in [4.78, 5) is 16.5. The van der Waals surface area contributed by atoms with Crippen LogP contribution in [0.5, 0.6) is 0 Å². The van der Waals surface area contributed by atoms with Gasteiger partial charge in [-0.1, -0.05) is 24.3 Å². The zero-order chi connectivity index (χ0) is 16.2. The highest BCUT2D eigenvalue weighted by atomic mass is 79.9. The van der Waals surface area contributed by atoms with E-state index in [-0.39, 0.29) is 12.3 Å². The highest BCUT2D eigenvalue weighted by Crippen LogP contribution is 2.24. The minimum absolute atomic E-state index is 0.137. The van der Waals surface area contributed by atoms with Gasteiger partial charge < -0.3 is 9.73 Å². The molecule has 1 N–H and O–H groups in total. The van der Waals surface area contributed by atoms with E-state index in [1.165, 1.54) is 6.26 Å². The number of anilines is 1. The number of nitrogens with one attached hydrogen (secondary N) is 1. The molecule has 23 heavy (non-hydrogen) atoms. The van der Waals surface area contributed by atoms with Crippen molar-refractivity contribution in [2.75, 3.05) is 5.32 Å². The molecule has 0 radical (unpaired) electrons. The molecule has 1 aromatic heterocycles. The lowest BCUT2D eigenvalue weighted by atomic mass is 10.2. The van der Waals surface area contributed by atoms with Gasteiger partial charge in [-0.15, -0.1) is 0 Å². The minimum atomic E-state index is -0.137. The number of oxazole rings is 1. The van der Waals surface area contributed by atoms with E-state index in [2.05, 4.69) is 26.2 Å². The Bertz CT molecular complexity index is 828. The number of hydrogen-bond acceptors (Lipinski definition) is 3. The molecule has 0 saturated heterocycles. The number of amides is 1. The van der Waals surface area contributed by atoms with Crippen molar-refractivity contribution in [3.8, 4) is 11.5 Å². The maximum absolute atomic E-state index is 12.2. The fourth-order valence-corrected chi connectivity index (χ4v) is 2.77. The number of nitrogens with zero attached hydrogens (tertiary/aromatic N) is 1. The van der Waals surface area contributed by atoms with E-state index < -0.39 is 0 Å². The van der Waals surface area contributed by atoms with Crippen LogP contribution in [0.1, 0.15) is 11.3 Å². The van der Waals surface area contributed by atoms with Crippen LogP contribution in [-0.2, 0) is 11.2 Å². The number of benzene rings is 2. The SMILES string of the molecule is Cc1ccc(NC(=O)Cc2coc(-c3ccccc3)n2)c(Br)c1. The summed E-state index contributed by atoms with van der Waals surface area (Å²) in [6.45, 7) is 2.00. The highest BCUT2D eigenvalue weighted by Gasteiger charge is 2.11. The van der Waals surface area contributed by atoms with Crippen LogP contribution in [0, 0.1) is 6.92 Å². The molecule has 5 heteroatoms. The smallest absolute Gasteiger partial charge is 0.230 e. The van der Waals surface area contributed by atoms with Crippen molar-refractivity contribution >= 4 is 27.5 Å². The average molecular weight is 371 g/mol. The van der Waals surface area contributed by atoms with Crippen molar-refractivity contribution < 1.29 is 9.21 Å². The molecule has 0 saturated carbocycles. The molecule has 0 aliphatic rings. The normalized spacial score (nSPS) is 10.5. The monoisotopic (exact) mass is 370 g/mol. The molecule has 3 aromatic rings. The Kier molecular flexibility index (Phi) is 4.57. The zero-order valence-electron chi connectivity index (χ0n) is 12.5. The zero-order valence-corrected chi connectivity index (χ0v) is 14.1. The molecule has 116 valence electrons. The topological polar surface area (TPSA) is 55.1 Å². The highest BCUT2D eigenvalue weighted by molar-refractivity contribution is 9.10. The lowest BCUT2D eigenvalue weighted by Gasteiger charge is -2.07. The second kappa shape index (κ2) is 6.79. The Morgan fingerprint density at radius 3 is 2.74 bits per heavy atom. The third-order valence-corrected chi connectivity index (χ3v) is 3.97. The van der Waals surface area contributed by atoms with E-state index >= 15 is 0 Å². The van der Waals surface area contributed by atoms with Crippen LogP contribution in [0.25, 0.3) is 11.5 Å². The molecule has 0 spiro atoms. The maximum atomic E-state index is 12.2. The number of hydrogen-bond donors (Lipinski definition) is 1. The lowest BCUT2D eigenvalue weighted by molar-refractivity contribution is -0.115. The van der Waals surface area contributed by atoms with Crippen LogP contribution in [0.4, 0.5) is 5.69 Å². The van der Waals surface area contributed by atoms with Crippen LogP contribution in [-0.4, -0.2) is 10.9 Å².